The van der Waals surface area contributed by atoms with E-state index < -0.39 is 0 Å². The highest BCUT2D eigenvalue weighted by molar-refractivity contribution is 5.97. The molecule has 0 aliphatic carbocycles. The minimum Gasteiger partial charge on any atom is -0.396 e. The first-order chi connectivity index (χ1) is 9.61. The molecule has 0 spiro atoms. The van der Waals surface area contributed by atoms with E-state index in [2.05, 4.69) is 15.3 Å². The average Bonchev–Trinajstić information content (AvgIpc) is 2.80. The summed E-state index contributed by atoms with van der Waals surface area (Å²) in [6.45, 7) is 7.78. The van der Waals surface area contributed by atoms with E-state index in [-0.39, 0.29) is 11.9 Å². The Morgan fingerprint density at radius 2 is 2.15 bits per heavy atom. The second kappa shape index (κ2) is 6.74. The van der Waals surface area contributed by atoms with Gasteiger partial charge in [-0.1, -0.05) is 6.42 Å². The molecule has 6 nitrogen and oxygen atoms in total. The number of carbonyl (C=O) groups is 1. The number of nitrogens with zero attached hydrogens (tertiary/aromatic N) is 3. The van der Waals surface area contributed by atoms with Crippen LogP contribution in [0.4, 0.5) is 5.69 Å². The molecule has 20 heavy (non-hydrogen) atoms. The van der Waals surface area contributed by atoms with Crippen molar-refractivity contribution in [1.29, 1.82) is 0 Å². The number of rotatable bonds is 5. The van der Waals surface area contributed by atoms with Crippen molar-refractivity contribution >= 4 is 11.6 Å². The molecule has 1 aromatic heterocycles. The van der Waals surface area contributed by atoms with Crippen molar-refractivity contribution in [3.05, 3.63) is 11.9 Å². The number of amides is 1. The number of piperidine rings is 1. The molecule has 1 fully saturated rings. The zero-order valence-corrected chi connectivity index (χ0v) is 12.4. The number of anilines is 1. The molecule has 2 heterocycles. The highest BCUT2D eigenvalue weighted by Gasteiger charge is 2.19. The summed E-state index contributed by atoms with van der Waals surface area (Å²) in [5.41, 5.74) is 6.73. The largest absolute Gasteiger partial charge is 0.396 e. The third-order valence-corrected chi connectivity index (χ3v) is 3.74. The molecular formula is C14H25N5O. The van der Waals surface area contributed by atoms with Crippen LogP contribution in [0.1, 0.15) is 43.6 Å². The number of hydrogen-bond donors (Lipinski definition) is 2. The van der Waals surface area contributed by atoms with Crippen LogP contribution in [-0.2, 0) is 6.54 Å². The van der Waals surface area contributed by atoms with Gasteiger partial charge in [0.2, 0.25) is 0 Å². The summed E-state index contributed by atoms with van der Waals surface area (Å²) in [5.74, 6) is -0.133. The predicted molar refractivity (Wildman–Crippen MR) is 79.5 cm³/mol. The molecule has 1 aliphatic heterocycles. The highest BCUT2D eigenvalue weighted by atomic mass is 16.2. The lowest BCUT2D eigenvalue weighted by atomic mass is 10.1. The first-order valence-corrected chi connectivity index (χ1v) is 7.46. The second-order valence-corrected chi connectivity index (χ2v) is 5.50. The number of aromatic nitrogens is 2. The summed E-state index contributed by atoms with van der Waals surface area (Å²) in [6, 6.07) is 0.111. The Balaban J connectivity index is 1.91. The Morgan fingerprint density at radius 1 is 1.45 bits per heavy atom. The second-order valence-electron chi connectivity index (χ2n) is 5.50. The van der Waals surface area contributed by atoms with Gasteiger partial charge in [-0.25, -0.2) is 0 Å². The van der Waals surface area contributed by atoms with Gasteiger partial charge in [0.25, 0.3) is 5.91 Å². The predicted octanol–water partition coefficient (Wildman–Crippen LogP) is 1.09. The lowest BCUT2D eigenvalue weighted by molar-refractivity contribution is 0.0916. The van der Waals surface area contributed by atoms with Gasteiger partial charge in [-0.3, -0.25) is 9.48 Å². The van der Waals surface area contributed by atoms with Crippen molar-refractivity contribution in [3.63, 3.8) is 0 Å². The molecule has 6 heteroatoms. The Kier molecular flexibility index (Phi) is 5.00. The van der Waals surface area contributed by atoms with Gasteiger partial charge >= 0.3 is 0 Å². The molecule has 2 rings (SSSR count). The molecule has 1 aromatic rings. The molecule has 0 radical (unpaired) electrons. The van der Waals surface area contributed by atoms with Crippen molar-refractivity contribution in [1.82, 2.24) is 20.0 Å². The molecule has 1 atom stereocenters. The van der Waals surface area contributed by atoms with Crippen LogP contribution in [0.2, 0.25) is 0 Å². The molecular weight excluding hydrogens is 254 g/mol. The Labute approximate surface area is 120 Å². The average molecular weight is 279 g/mol. The van der Waals surface area contributed by atoms with Gasteiger partial charge in [-0.05, 0) is 39.8 Å². The Hall–Kier alpha value is -1.56. The lowest BCUT2D eigenvalue weighted by Crippen LogP contribution is -2.44. The van der Waals surface area contributed by atoms with Crippen LogP contribution < -0.4 is 11.1 Å². The summed E-state index contributed by atoms with van der Waals surface area (Å²) in [6.07, 6.45) is 5.38. The summed E-state index contributed by atoms with van der Waals surface area (Å²) in [4.78, 5) is 14.7. The van der Waals surface area contributed by atoms with Crippen molar-refractivity contribution in [2.45, 2.75) is 45.7 Å². The number of hydrogen-bond acceptors (Lipinski definition) is 4. The van der Waals surface area contributed by atoms with Gasteiger partial charge in [0.1, 0.15) is 5.69 Å². The topological polar surface area (TPSA) is 76.2 Å². The number of aryl methyl sites for hydroxylation is 1. The Bertz CT molecular complexity index is 450. The number of likely N-dealkylation sites (tertiary alicyclic amines) is 1. The molecule has 1 amide bonds. The lowest BCUT2D eigenvalue weighted by Gasteiger charge is -2.29. The van der Waals surface area contributed by atoms with Crippen LogP contribution in [0.25, 0.3) is 0 Å². The molecule has 1 saturated heterocycles. The van der Waals surface area contributed by atoms with Crippen molar-refractivity contribution in [3.8, 4) is 0 Å². The summed E-state index contributed by atoms with van der Waals surface area (Å²) in [5, 5.41) is 7.12. The fourth-order valence-corrected chi connectivity index (χ4v) is 2.75. The van der Waals surface area contributed by atoms with E-state index in [1.807, 2.05) is 13.8 Å². The smallest absolute Gasteiger partial charge is 0.271 e. The summed E-state index contributed by atoms with van der Waals surface area (Å²) in [7, 11) is 0. The van der Waals surface area contributed by atoms with Crippen LogP contribution in [0, 0.1) is 0 Å². The number of nitrogen functional groups attached to an aromatic ring is 1. The van der Waals surface area contributed by atoms with Gasteiger partial charge in [0.05, 0.1) is 11.9 Å². The maximum Gasteiger partial charge on any atom is 0.271 e. The van der Waals surface area contributed by atoms with E-state index in [4.69, 9.17) is 5.73 Å². The molecule has 1 aliphatic rings. The molecule has 0 bridgehead atoms. The van der Waals surface area contributed by atoms with Crippen LogP contribution in [0.15, 0.2) is 6.20 Å². The van der Waals surface area contributed by atoms with Gasteiger partial charge in [0.15, 0.2) is 0 Å². The van der Waals surface area contributed by atoms with E-state index in [0.717, 1.165) is 19.6 Å². The normalized spacial score (nSPS) is 17.9. The van der Waals surface area contributed by atoms with Crippen LogP contribution in [0.3, 0.4) is 0 Å². The van der Waals surface area contributed by atoms with Crippen LogP contribution >= 0.6 is 0 Å². The van der Waals surface area contributed by atoms with E-state index in [9.17, 15) is 4.79 Å². The van der Waals surface area contributed by atoms with Gasteiger partial charge in [-0.15, -0.1) is 0 Å². The number of nitrogens with one attached hydrogen (secondary N) is 1. The van der Waals surface area contributed by atoms with Crippen LogP contribution in [0.5, 0.6) is 0 Å². The van der Waals surface area contributed by atoms with E-state index in [0.29, 0.717) is 17.9 Å². The number of nitrogens with two attached hydrogens (primary N) is 1. The van der Waals surface area contributed by atoms with Gasteiger partial charge in [-0.2, -0.15) is 5.10 Å². The zero-order valence-electron chi connectivity index (χ0n) is 12.4. The monoisotopic (exact) mass is 279 g/mol. The number of carbonyl (C=O) groups excluding carboxylic acids is 1. The van der Waals surface area contributed by atoms with E-state index in [1.165, 1.54) is 25.5 Å². The maximum absolute atomic E-state index is 12.3. The molecule has 0 saturated carbocycles. The third kappa shape index (κ3) is 3.50. The van der Waals surface area contributed by atoms with E-state index in [1.54, 1.807) is 4.68 Å². The first kappa shape index (κ1) is 14.8. The van der Waals surface area contributed by atoms with Gasteiger partial charge in [0, 0.05) is 19.1 Å². The zero-order chi connectivity index (χ0) is 14.5. The SMILES string of the molecule is CCn1ncc(N)c1C(=O)NC(C)CN1CCCCC1. The van der Waals surface area contributed by atoms with Crippen molar-refractivity contribution in [2.24, 2.45) is 0 Å². The summed E-state index contributed by atoms with van der Waals surface area (Å²) >= 11 is 0. The van der Waals surface area contributed by atoms with Crippen LogP contribution in [-0.4, -0.2) is 46.3 Å². The Morgan fingerprint density at radius 3 is 2.80 bits per heavy atom. The minimum absolute atomic E-state index is 0.111. The fourth-order valence-electron chi connectivity index (χ4n) is 2.75. The quantitative estimate of drug-likeness (QED) is 0.846. The van der Waals surface area contributed by atoms with Crippen molar-refractivity contribution in [2.75, 3.05) is 25.4 Å². The molecule has 112 valence electrons. The summed E-state index contributed by atoms with van der Waals surface area (Å²) < 4.78 is 1.64. The fraction of sp³-hybridized carbons (Fsp3) is 0.714. The molecule has 0 aromatic carbocycles. The van der Waals surface area contributed by atoms with Gasteiger partial charge < -0.3 is 16.0 Å². The molecule has 3 N–H and O–H groups in total. The molecule has 1 unspecified atom stereocenters. The van der Waals surface area contributed by atoms with E-state index >= 15 is 0 Å². The minimum atomic E-state index is -0.133. The van der Waals surface area contributed by atoms with Crippen molar-refractivity contribution < 1.29 is 4.79 Å². The third-order valence-electron chi connectivity index (χ3n) is 3.74. The first-order valence-electron chi connectivity index (χ1n) is 7.46. The maximum atomic E-state index is 12.3. The standard InChI is InChI=1S/C14H25N5O/c1-3-19-13(12(15)9-16-19)14(20)17-11(2)10-18-7-5-4-6-8-18/h9,11H,3-8,10,15H2,1-2H3,(H,17,20). The highest BCUT2D eigenvalue weighted by Crippen LogP contribution is 2.12.